The third kappa shape index (κ3) is 5.40. The lowest BCUT2D eigenvalue weighted by molar-refractivity contribution is -0.163. The number of H-pyrrole nitrogens is 1. The number of aromatic amines is 1. The van der Waals surface area contributed by atoms with Gasteiger partial charge in [0.25, 0.3) is 5.91 Å². The van der Waals surface area contributed by atoms with Crippen LogP contribution in [0.1, 0.15) is 69.7 Å². The number of nitrogens with zero attached hydrogens (tertiary/aromatic N) is 2. The lowest BCUT2D eigenvalue weighted by Crippen LogP contribution is -2.46. The minimum Gasteiger partial charge on any atom is -0.506 e. The summed E-state index contributed by atoms with van der Waals surface area (Å²) in [6, 6.07) is 15.5. The largest absolute Gasteiger partial charge is 0.506 e. The SMILES string of the molecule is CCC1C[C@]2(OC(C)=O)C[C@@H](CC)CC1(C(=O)Nc1ccc(-c3nc4ccc(C(=O)Nc5ccccn5)cc4[nH]3)cc1O)C2. The number of fused-ring (bicyclic) bond motifs is 3. The van der Waals surface area contributed by atoms with Crippen molar-refractivity contribution >= 4 is 40.3 Å². The predicted molar refractivity (Wildman–Crippen MR) is 167 cm³/mol. The van der Waals surface area contributed by atoms with Gasteiger partial charge < -0.3 is 25.5 Å². The summed E-state index contributed by atoms with van der Waals surface area (Å²) >= 11 is 0. The number of anilines is 2. The van der Waals surface area contributed by atoms with E-state index < -0.39 is 11.0 Å². The average Bonchev–Trinajstić information content (AvgIpc) is 3.53. The minimum absolute atomic E-state index is 0.0753. The smallest absolute Gasteiger partial charge is 0.303 e. The van der Waals surface area contributed by atoms with Crippen LogP contribution >= 0.6 is 0 Å². The Morgan fingerprint density at radius 2 is 1.86 bits per heavy atom. The molecule has 228 valence electrons. The summed E-state index contributed by atoms with van der Waals surface area (Å²) in [5, 5.41) is 16.8. The number of ether oxygens (including phenoxy) is 1. The second-order valence-electron chi connectivity index (χ2n) is 12.3. The standard InChI is InChI=1S/C34H37N5O5/c1-4-21-16-33(44-20(3)40)18-24(5-2)34(17-21,19-33)32(43)38-26-12-9-22(15-28(26)41)30-36-25-11-10-23(14-27(25)37-30)31(42)39-29-8-6-7-13-35-29/h6-15,21,24,41H,4-5,16-19H2,1-3H3,(H,36,37)(H,38,43)(H,35,39,42)/t21-,24?,33-,34?/m1/s1. The number of nitrogens with one attached hydrogen (secondary N) is 3. The average molecular weight is 596 g/mol. The van der Waals surface area contributed by atoms with Crippen molar-refractivity contribution in [3.63, 3.8) is 0 Å². The third-order valence-electron chi connectivity index (χ3n) is 9.40. The fourth-order valence-electron chi connectivity index (χ4n) is 7.49. The van der Waals surface area contributed by atoms with E-state index in [0.717, 1.165) is 25.7 Å². The first-order chi connectivity index (χ1) is 21.1. The van der Waals surface area contributed by atoms with Crippen molar-refractivity contribution in [3.8, 4) is 17.1 Å². The molecule has 2 bridgehead atoms. The quantitative estimate of drug-likeness (QED) is 0.135. The van der Waals surface area contributed by atoms with Crippen LogP contribution in [0.15, 0.2) is 60.8 Å². The molecule has 4 atom stereocenters. The zero-order chi connectivity index (χ0) is 31.1. The summed E-state index contributed by atoms with van der Waals surface area (Å²) in [6.07, 6.45) is 6.00. The highest BCUT2D eigenvalue weighted by Gasteiger charge is 2.63. The number of amides is 2. The maximum Gasteiger partial charge on any atom is 0.303 e. The summed E-state index contributed by atoms with van der Waals surface area (Å²) < 4.78 is 5.92. The van der Waals surface area contributed by atoms with Gasteiger partial charge in [-0.2, -0.15) is 0 Å². The molecule has 2 saturated carbocycles. The number of phenolic OH excluding ortho intramolecular Hbond substituents is 1. The van der Waals surface area contributed by atoms with Crippen LogP contribution in [0.2, 0.25) is 0 Å². The topological polar surface area (TPSA) is 146 Å². The number of imidazole rings is 1. The van der Waals surface area contributed by atoms with Gasteiger partial charge >= 0.3 is 5.97 Å². The molecule has 2 aliphatic carbocycles. The normalized spacial score (nSPS) is 24.2. The van der Waals surface area contributed by atoms with Gasteiger partial charge in [-0.1, -0.05) is 32.8 Å². The Hall–Kier alpha value is -4.73. The van der Waals surface area contributed by atoms with Crippen molar-refractivity contribution in [2.24, 2.45) is 17.3 Å². The lowest BCUT2D eigenvalue weighted by Gasteiger charge is -2.43. The molecular formula is C34H37N5O5. The van der Waals surface area contributed by atoms with Gasteiger partial charge in [0.05, 0.1) is 22.1 Å². The van der Waals surface area contributed by atoms with E-state index in [1.807, 2.05) is 0 Å². The Morgan fingerprint density at radius 1 is 1.02 bits per heavy atom. The van der Waals surface area contributed by atoms with Crippen molar-refractivity contribution in [1.29, 1.82) is 0 Å². The maximum atomic E-state index is 14.0. The van der Waals surface area contributed by atoms with Crippen molar-refractivity contribution in [3.05, 3.63) is 66.4 Å². The summed E-state index contributed by atoms with van der Waals surface area (Å²) in [5.74, 6) is 0.502. The molecule has 2 amide bonds. The van der Waals surface area contributed by atoms with Gasteiger partial charge in [-0.25, -0.2) is 9.97 Å². The fourth-order valence-corrected chi connectivity index (χ4v) is 7.49. The number of hydrogen-bond donors (Lipinski definition) is 4. The Labute approximate surface area is 255 Å². The van der Waals surface area contributed by atoms with E-state index in [1.54, 1.807) is 60.8 Å². The number of aromatic hydroxyl groups is 1. The molecule has 44 heavy (non-hydrogen) atoms. The number of pyridine rings is 1. The van der Waals surface area contributed by atoms with Gasteiger partial charge in [0.2, 0.25) is 5.91 Å². The molecular weight excluding hydrogens is 558 g/mol. The molecule has 2 unspecified atom stereocenters. The zero-order valence-corrected chi connectivity index (χ0v) is 25.1. The van der Waals surface area contributed by atoms with Crippen LogP contribution in [-0.2, 0) is 14.3 Å². The highest BCUT2D eigenvalue weighted by molar-refractivity contribution is 6.05. The molecule has 2 fully saturated rings. The van der Waals surface area contributed by atoms with E-state index in [4.69, 9.17) is 4.74 Å². The van der Waals surface area contributed by atoms with E-state index in [2.05, 4.69) is 39.4 Å². The van der Waals surface area contributed by atoms with Crippen LogP contribution in [-0.4, -0.2) is 43.4 Å². The lowest BCUT2D eigenvalue weighted by atomic mass is 9.65. The van der Waals surface area contributed by atoms with Gasteiger partial charge in [-0.3, -0.25) is 14.4 Å². The summed E-state index contributed by atoms with van der Waals surface area (Å²) in [5.41, 5.74) is 1.42. The zero-order valence-electron chi connectivity index (χ0n) is 25.1. The predicted octanol–water partition coefficient (Wildman–Crippen LogP) is 6.45. The number of carbonyl (C=O) groups excluding carboxylic acids is 3. The molecule has 0 aliphatic heterocycles. The first kappa shape index (κ1) is 29.3. The molecule has 2 aliphatic rings. The molecule has 10 heteroatoms. The number of rotatable bonds is 8. The van der Waals surface area contributed by atoms with Gasteiger partial charge in [0.1, 0.15) is 23.0 Å². The van der Waals surface area contributed by atoms with Crippen molar-refractivity contribution in [2.75, 3.05) is 10.6 Å². The van der Waals surface area contributed by atoms with Gasteiger partial charge in [-0.05, 0) is 79.6 Å². The monoisotopic (exact) mass is 595 g/mol. The number of benzene rings is 2. The molecule has 4 aromatic rings. The van der Waals surface area contributed by atoms with Crippen LogP contribution < -0.4 is 10.6 Å². The first-order valence-electron chi connectivity index (χ1n) is 15.2. The van der Waals surface area contributed by atoms with Crippen molar-refractivity contribution < 1.29 is 24.2 Å². The second-order valence-corrected chi connectivity index (χ2v) is 12.3. The molecule has 2 aromatic heterocycles. The van der Waals surface area contributed by atoms with Crippen LogP contribution in [0.3, 0.4) is 0 Å². The van der Waals surface area contributed by atoms with Crippen molar-refractivity contribution in [2.45, 2.75) is 64.9 Å². The van der Waals surface area contributed by atoms with Crippen molar-refractivity contribution in [1.82, 2.24) is 15.0 Å². The van der Waals surface area contributed by atoms with Gasteiger partial charge in [-0.15, -0.1) is 0 Å². The van der Waals surface area contributed by atoms with Crippen LogP contribution in [0.5, 0.6) is 5.75 Å². The van der Waals surface area contributed by atoms with E-state index in [1.165, 1.54) is 6.92 Å². The molecule has 4 N–H and O–H groups in total. The molecule has 0 saturated heterocycles. The molecule has 0 spiro atoms. The summed E-state index contributed by atoms with van der Waals surface area (Å²) in [4.78, 5) is 50.8. The molecule has 6 rings (SSSR count). The Kier molecular flexibility index (Phi) is 7.61. The van der Waals surface area contributed by atoms with Crippen LogP contribution in [0.4, 0.5) is 11.5 Å². The van der Waals surface area contributed by atoms with E-state index in [-0.39, 0.29) is 35.4 Å². The molecule has 0 radical (unpaired) electrons. The molecule has 10 nitrogen and oxygen atoms in total. The number of hydrogen-bond acceptors (Lipinski definition) is 7. The third-order valence-corrected chi connectivity index (χ3v) is 9.40. The first-order valence-corrected chi connectivity index (χ1v) is 15.2. The van der Waals surface area contributed by atoms with E-state index in [9.17, 15) is 19.5 Å². The van der Waals surface area contributed by atoms with Gasteiger partial charge in [0, 0.05) is 30.7 Å². The van der Waals surface area contributed by atoms with Crippen LogP contribution in [0, 0.1) is 17.3 Å². The van der Waals surface area contributed by atoms with E-state index >= 15 is 0 Å². The summed E-state index contributed by atoms with van der Waals surface area (Å²) in [7, 11) is 0. The number of phenols is 1. The summed E-state index contributed by atoms with van der Waals surface area (Å²) in [6.45, 7) is 5.63. The Bertz CT molecular complexity index is 1740. The Balaban J connectivity index is 1.22. The number of carbonyl (C=O) groups is 3. The van der Waals surface area contributed by atoms with Gasteiger partial charge in [0.15, 0.2) is 0 Å². The maximum absolute atomic E-state index is 14.0. The second kappa shape index (κ2) is 11.4. The Morgan fingerprint density at radius 3 is 2.57 bits per heavy atom. The molecule has 2 aromatic carbocycles. The number of esters is 1. The highest BCUT2D eigenvalue weighted by Crippen LogP contribution is 2.62. The minimum atomic E-state index is -0.673. The van der Waals surface area contributed by atoms with Crippen LogP contribution in [0.25, 0.3) is 22.4 Å². The molecule has 2 heterocycles. The highest BCUT2D eigenvalue weighted by atomic mass is 16.6. The number of aromatic nitrogens is 3. The van der Waals surface area contributed by atoms with E-state index in [0.29, 0.717) is 52.3 Å². The fraction of sp³-hybridized carbons (Fsp3) is 0.382.